The number of hydrogen-bond donors (Lipinski definition) is 2. The van der Waals surface area contributed by atoms with Crippen LogP contribution >= 0.6 is 11.6 Å². The molecular weight excluding hydrogens is 401 g/mol. The number of aliphatic hydroxyl groups is 1. The van der Waals surface area contributed by atoms with Crippen molar-refractivity contribution in [3.05, 3.63) is 45.1 Å². The molecule has 1 aliphatic heterocycles. The largest absolute Gasteiger partial charge is 0.477 e. The lowest BCUT2D eigenvalue weighted by atomic mass is 9.93. The molecule has 0 radical (unpaired) electrons. The molecule has 2 N–H and O–H groups in total. The zero-order chi connectivity index (χ0) is 21.1. The smallest absolute Gasteiger partial charge is 0.341 e. The third-order valence-electron chi connectivity index (χ3n) is 5.59. The molecule has 152 valence electrons. The van der Waals surface area contributed by atoms with Crippen molar-refractivity contribution in [2.45, 2.75) is 25.4 Å². The van der Waals surface area contributed by atoms with Crippen molar-refractivity contribution in [3.8, 4) is 0 Å². The molecule has 1 aromatic carbocycles. The number of aromatic carboxylic acids is 1. The average molecular weight is 420 g/mol. The molecule has 1 saturated heterocycles. The number of rotatable bonds is 2. The quantitative estimate of drug-likeness (QED) is 0.620. The summed E-state index contributed by atoms with van der Waals surface area (Å²) in [7, 11) is 1.60. The van der Waals surface area contributed by atoms with Gasteiger partial charge < -0.3 is 19.7 Å². The third-order valence-corrected chi connectivity index (χ3v) is 5.95. The molecule has 2 aromatic heterocycles. The van der Waals surface area contributed by atoms with E-state index in [9.17, 15) is 19.8 Å². The summed E-state index contributed by atoms with van der Waals surface area (Å²) in [6.07, 6.45) is 3.53. The van der Waals surface area contributed by atoms with Crippen LogP contribution in [0.2, 0.25) is 5.02 Å². The fraction of sp³-hybridized carbons (Fsp3) is 0.350. The molecule has 0 aliphatic carbocycles. The Bertz CT molecular complexity index is 1230. The summed E-state index contributed by atoms with van der Waals surface area (Å²) in [6, 6.07) is 1.59. The summed E-state index contributed by atoms with van der Waals surface area (Å²) in [5.41, 5.74) is -1.20. The molecule has 4 rings (SSSR count). The van der Waals surface area contributed by atoms with Gasteiger partial charge in [0.15, 0.2) is 5.82 Å². The van der Waals surface area contributed by atoms with Gasteiger partial charge in [-0.2, -0.15) is 0 Å². The van der Waals surface area contributed by atoms with Crippen molar-refractivity contribution >= 4 is 45.1 Å². The number of fused-ring (bicyclic) bond motifs is 3. The highest BCUT2D eigenvalue weighted by atomic mass is 35.5. The van der Waals surface area contributed by atoms with Crippen LogP contribution < -0.4 is 10.3 Å². The predicted octanol–water partition coefficient (Wildman–Crippen LogP) is 2.93. The maximum atomic E-state index is 15.1. The number of carbonyl (C=O) groups is 1. The summed E-state index contributed by atoms with van der Waals surface area (Å²) in [5, 5.41) is 19.7. The molecule has 1 fully saturated rings. The standard InChI is InChI=1S/C20H19ClFN3O4/c1-20(29)3-5-25(6-4-20)12-7-10-14-13(8-23-17(10)16(22)15(12)21)24(2)9-11(18(14)26)19(27)28/h7-9,29H,3-6H2,1-2H3,(H,27,28). The Morgan fingerprint density at radius 1 is 1.34 bits per heavy atom. The number of piperidine rings is 1. The van der Waals surface area contributed by atoms with Gasteiger partial charge in [-0.15, -0.1) is 0 Å². The molecule has 0 unspecified atom stereocenters. The molecular formula is C20H19ClFN3O4. The Labute approximate surface area is 169 Å². The molecule has 0 bridgehead atoms. The van der Waals surface area contributed by atoms with Crippen LogP contribution in [0.15, 0.2) is 23.3 Å². The molecule has 0 saturated carbocycles. The SMILES string of the molecule is Cn1cc(C(=O)O)c(=O)c2c3cc(N4CCC(C)(O)CC4)c(Cl)c(F)c3ncc21. The Morgan fingerprint density at radius 3 is 2.62 bits per heavy atom. The zero-order valence-electron chi connectivity index (χ0n) is 15.9. The highest BCUT2D eigenvalue weighted by Crippen LogP contribution is 2.38. The first kappa shape index (κ1) is 19.6. The van der Waals surface area contributed by atoms with Crippen molar-refractivity contribution in [2.24, 2.45) is 7.05 Å². The maximum absolute atomic E-state index is 15.1. The Morgan fingerprint density at radius 2 is 2.00 bits per heavy atom. The van der Waals surface area contributed by atoms with Gasteiger partial charge >= 0.3 is 5.97 Å². The van der Waals surface area contributed by atoms with E-state index in [4.69, 9.17) is 11.6 Å². The second-order valence-electron chi connectivity index (χ2n) is 7.71. The summed E-state index contributed by atoms with van der Waals surface area (Å²) >= 11 is 6.28. The molecule has 1 aliphatic rings. The number of halogens is 2. The first-order chi connectivity index (χ1) is 13.6. The second kappa shape index (κ2) is 6.67. The number of carboxylic acid groups (broad SMARTS) is 1. The van der Waals surface area contributed by atoms with Crippen molar-refractivity contribution in [1.82, 2.24) is 9.55 Å². The van der Waals surface area contributed by atoms with Crippen LogP contribution in [0.25, 0.3) is 21.8 Å². The lowest BCUT2D eigenvalue weighted by Gasteiger charge is -2.37. The number of pyridine rings is 2. The van der Waals surface area contributed by atoms with Gasteiger partial charge in [0.2, 0.25) is 5.43 Å². The van der Waals surface area contributed by atoms with E-state index >= 15 is 4.39 Å². The molecule has 7 nitrogen and oxygen atoms in total. The first-order valence-corrected chi connectivity index (χ1v) is 9.49. The van der Waals surface area contributed by atoms with Gasteiger partial charge in [-0.25, -0.2) is 9.18 Å². The van der Waals surface area contributed by atoms with Gasteiger partial charge in [0, 0.05) is 31.7 Å². The van der Waals surface area contributed by atoms with Crippen LogP contribution in [0.1, 0.15) is 30.1 Å². The van der Waals surface area contributed by atoms with Crippen molar-refractivity contribution in [2.75, 3.05) is 18.0 Å². The van der Waals surface area contributed by atoms with E-state index in [1.807, 2.05) is 4.90 Å². The van der Waals surface area contributed by atoms with Crippen LogP contribution in [0, 0.1) is 5.82 Å². The zero-order valence-corrected chi connectivity index (χ0v) is 16.6. The van der Waals surface area contributed by atoms with Crippen LogP contribution in [0.4, 0.5) is 10.1 Å². The van der Waals surface area contributed by atoms with Gasteiger partial charge in [0.05, 0.1) is 28.4 Å². The van der Waals surface area contributed by atoms with Crippen LogP contribution in [-0.2, 0) is 7.05 Å². The van der Waals surface area contributed by atoms with Crippen molar-refractivity contribution in [3.63, 3.8) is 0 Å². The fourth-order valence-electron chi connectivity index (χ4n) is 3.82. The van der Waals surface area contributed by atoms with E-state index in [-0.39, 0.29) is 21.3 Å². The first-order valence-electron chi connectivity index (χ1n) is 9.11. The van der Waals surface area contributed by atoms with Crippen LogP contribution in [-0.4, -0.2) is 44.4 Å². The van der Waals surface area contributed by atoms with Gasteiger partial charge in [0.25, 0.3) is 0 Å². The van der Waals surface area contributed by atoms with E-state index in [1.165, 1.54) is 17.0 Å². The maximum Gasteiger partial charge on any atom is 0.341 e. The number of hydrogen-bond acceptors (Lipinski definition) is 5. The molecule has 0 spiro atoms. The number of carboxylic acids is 1. The van der Waals surface area contributed by atoms with Crippen molar-refractivity contribution < 1.29 is 19.4 Å². The Balaban J connectivity index is 2.03. The number of benzene rings is 1. The highest BCUT2D eigenvalue weighted by Gasteiger charge is 2.30. The van der Waals surface area contributed by atoms with Gasteiger partial charge in [-0.1, -0.05) is 11.6 Å². The summed E-state index contributed by atoms with van der Waals surface area (Å²) in [6.45, 7) is 2.68. The minimum Gasteiger partial charge on any atom is -0.477 e. The van der Waals surface area contributed by atoms with E-state index in [1.54, 1.807) is 20.0 Å². The Kier molecular flexibility index (Phi) is 4.51. The van der Waals surface area contributed by atoms with Gasteiger partial charge in [0.1, 0.15) is 16.1 Å². The van der Waals surface area contributed by atoms with Gasteiger partial charge in [-0.3, -0.25) is 9.78 Å². The van der Waals surface area contributed by atoms with Crippen LogP contribution in [0.5, 0.6) is 0 Å². The predicted molar refractivity (Wildman–Crippen MR) is 108 cm³/mol. The monoisotopic (exact) mass is 419 g/mol. The molecule has 29 heavy (non-hydrogen) atoms. The fourth-order valence-corrected chi connectivity index (χ4v) is 4.09. The summed E-state index contributed by atoms with van der Waals surface area (Å²) in [5.74, 6) is -2.12. The van der Waals surface area contributed by atoms with E-state index < -0.39 is 28.4 Å². The normalized spacial score (nSPS) is 16.5. The minimum atomic E-state index is -1.36. The molecule has 0 atom stereocenters. The van der Waals surface area contributed by atoms with Gasteiger partial charge in [-0.05, 0) is 25.8 Å². The van der Waals surface area contributed by atoms with Crippen molar-refractivity contribution in [1.29, 1.82) is 0 Å². The third kappa shape index (κ3) is 3.12. The average Bonchev–Trinajstić information content (AvgIpc) is 2.66. The van der Waals surface area contributed by atoms with E-state index in [2.05, 4.69) is 4.98 Å². The summed E-state index contributed by atoms with van der Waals surface area (Å²) < 4.78 is 16.6. The van der Waals surface area contributed by atoms with Crippen LogP contribution in [0.3, 0.4) is 0 Å². The molecule has 3 aromatic rings. The number of nitrogens with zero attached hydrogens (tertiary/aromatic N) is 3. The number of aromatic nitrogens is 2. The molecule has 9 heteroatoms. The highest BCUT2D eigenvalue weighted by molar-refractivity contribution is 6.34. The lowest BCUT2D eigenvalue weighted by molar-refractivity contribution is 0.0351. The second-order valence-corrected chi connectivity index (χ2v) is 8.09. The lowest BCUT2D eigenvalue weighted by Crippen LogP contribution is -2.42. The molecule has 3 heterocycles. The summed E-state index contributed by atoms with van der Waals surface area (Å²) in [4.78, 5) is 30.4. The topological polar surface area (TPSA) is 95.7 Å². The molecule has 0 amide bonds. The minimum absolute atomic E-state index is 0.0817. The van der Waals surface area contributed by atoms with E-state index in [0.29, 0.717) is 37.1 Å². The number of anilines is 1. The number of aryl methyl sites for hydroxylation is 1. The van der Waals surface area contributed by atoms with E-state index in [0.717, 1.165) is 0 Å². The Hall–Kier alpha value is -2.71.